The number of hydrogen-bond acceptors (Lipinski definition) is 5. The van der Waals surface area contributed by atoms with E-state index in [2.05, 4.69) is 15.8 Å². The summed E-state index contributed by atoms with van der Waals surface area (Å²) in [5.74, 6) is -0.994. The summed E-state index contributed by atoms with van der Waals surface area (Å²) < 4.78 is 33.5. The maximum atomic E-state index is 12.6. The molecule has 1 atom stereocenters. The van der Waals surface area contributed by atoms with Gasteiger partial charge in [-0.15, -0.1) is 0 Å². The van der Waals surface area contributed by atoms with Gasteiger partial charge in [-0.3, -0.25) is 4.79 Å². The Labute approximate surface area is 210 Å². The molecule has 0 amide bonds. The van der Waals surface area contributed by atoms with Gasteiger partial charge in [0.1, 0.15) is 12.6 Å². The van der Waals surface area contributed by atoms with E-state index >= 15 is 0 Å². The lowest BCUT2D eigenvalue weighted by atomic mass is 10.0. The zero-order chi connectivity index (χ0) is 25.9. The zero-order valence-corrected chi connectivity index (χ0v) is 21.1. The summed E-state index contributed by atoms with van der Waals surface area (Å²) in [5, 5.41) is 10.4. The van der Waals surface area contributed by atoms with Crippen LogP contribution in [0.15, 0.2) is 83.8 Å². The maximum absolute atomic E-state index is 12.6. The number of carboxylic acids is 1. The van der Waals surface area contributed by atoms with Crippen LogP contribution in [-0.4, -0.2) is 30.5 Å². The summed E-state index contributed by atoms with van der Waals surface area (Å²) in [7, 11) is -3.96. The van der Waals surface area contributed by atoms with Gasteiger partial charge in [-0.1, -0.05) is 68.4 Å². The third-order valence-corrected chi connectivity index (χ3v) is 7.37. The first kappa shape index (κ1) is 25.3. The molecule has 186 valence electrons. The number of ether oxygens (including phenoxy) is 1. The summed E-state index contributed by atoms with van der Waals surface area (Å²) in [4.78, 5) is 16.0. The third kappa shape index (κ3) is 5.72. The molecule has 0 radical (unpaired) electrons. The minimum absolute atomic E-state index is 0.0152. The van der Waals surface area contributed by atoms with Crippen LogP contribution in [0.2, 0.25) is 0 Å². The second kappa shape index (κ2) is 10.5. The molecule has 0 aliphatic rings. The van der Waals surface area contributed by atoms with Crippen LogP contribution in [0.1, 0.15) is 25.0 Å². The Kier molecular flexibility index (Phi) is 7.37. The van der Waals surface area contributed by atoms with Crippen LogP contribution in [0.5, 0.6) is 5.88 Å². The Bertz CT molecular complexity index is 1480. The van der Waals surface area contributed by atoms with Gasteiger partial charge in [0.25, 0.3) is 0 Å². The van der Waals surface area contributed by atoms with Gasteiger partial charge in [0.15, 0.2) is 0 Å². The van der Waals surface area contributed by atoms with E-state index in [1.165, 1.54) is 12.1 Å². The van der Waals surface area contributed by atoms with E-state index in [0.29, 0.717) is 12.5 Å². The normalized spacial score (nSPS) is 12.6. The minimum atomic E-state index is -3.96. The van der Waals surface area contributed by atoms with Gasteiger partial charge in [0, 0.05) is 10.9 Å². The molecule has 0 aliphatic carbocycles. The van der Waals surface area contributed by atoms with Gasteiger partial charge in [0.05, 0.1) is 10.4 Å². The lowest BCUT2D eigenvalue weighted by molar-refractivity contribution is -0.140. The fourth-order valence-electron chi connectivity index (χ4n) is 3.83. The smallest absolute Gasteiger partial charge is 0.322 e. The summed E-state index contributed by atoms with van der Waals surface area (Å²) in [6, 6.07) is 22.9. The molecule has 7 nitrogen and oxygen atoms in total. The molecule has 0 aliphatic heterocycles. The molecule has 0 spiro atoms. The Balaban J connectivity index is 1.44. The quantitative estimate of drug-likeness (QED) is 0.326. The molecule has 4 rings (SSSR count). The van der Waals surface area contributed by atoms with Crippen LogP contribution in [0, 0.1) is 12.8 Å². The van der Waals surface area contributed by atoms with Crippen molar-refractivity contribution in [2.75, 3.05) is 0 Å². The van der Waals surface area contributed by atoms with Crippen molar-refractivity contribution in [1.82, 2.24) is 9.71 Å². The molecule has 0 saturated heterocycles. The number of fused-ring (bicyclic) bond motifs is 1. The van der Waals surface area contributed by atoms with E-state index in [1.54, 1.807) is 26.0 Å². The second-order valence-electron chi connectivity index (χ2n) is 8.99. The number of nitrogens with one attached hydrogen (secondary N) is 1. The van der Waals surface area contributed by atoms with E-state index in [4.69, 9.17) is 4.74 Å². The van der Waals surface area contributed by atoms with Crippen LogP contribution in [-0.2, 0) is 21.4 Å². The fraction of sp³-hybridized carbons (Fsp3) is 0.214. The van der Waals surface area contributed by atoms with Crippen molar-refractivity contribution in [1.29, 1.82) is 0 Å². The standard InChI is InChI=1S/C28H28N2O5S/c1-18(2)26(28(31)32)30-36(33,34)24-14-12-22(13-15-24)21-10-8-20(9-11-21)17-35-27-19(3)16-23-6-4-5-7-25(23)29-27/h4-16,18,26,30H,17H2,1-3H3,(H,31,32)/t26-/m1/s1. The molecule has 0 unspecified atom stereocenters. The Morgan fingerprint density at radius 3 is 2.19 bits per heavy atom. The highest BCUT2D eigenvalue weighted by molar-refractivity contribution is 7.89. The van der Waals surface area contributed by atoms with E-state index in [1.807, 2.05) is 55.5 Å². The monoisotopic (exact) mass is 504 g/mol. The first-order valence-corrected chi connectivity index (χ1v) is 13.1. The highest BCUT2D eigenvalue weighted by Crippen LogP contribution is 2.25. The van der Waals surface area contributed by atoms with Crippen LogP contribution < -0.4 is 9.46 Å². The van der Waals surface area contributed by atoms with E-state index < -0.39 is 22.0 Å². The molecular formula is C28H28N2O5S. The zero-order valence-electron chi connectivity index (χ0n) is 20.3. The van der Waals surface area contributed by atoms with Gasteiger partial charge in [-0.05, 0) is 53.8 Å². The first-order valence-electron chi connectivity index (χ1n) is 11.6. The van der Waals surface area contributed by atoms with Crippen molar-refractivity contribution in [2.45, 2.75) is 38.3 Å². The predicted octanol–water partition coefficient (Wildman–Crippen LogP) is 5.18. The van der Waals surface area contributed by atoms with Gasteiger partial charge in [0.2, 0.25) is 15.9 Å². The predicted molar refractivity (Wildman–Crippen MR) is 139 cm³/mol. The lowest BCUT2D eigenvalue weighted by Crippen LogP contribution is -2.44. The average molecular weight is 505 g/mol. The minimum Gasteiger partial charge on any atom is -0.480 e. The number of hydrogen-bond donors (Lipinski definition) is 2. The molecule has 1 aromatic heterocycles. The van der Waals surface area contributed by atoms with E-state index in [9.17, 15) is 18.3 Å². The molecule has 36 heavy (non-hydrogen) atoms. The second-order valence-corrected chi connectivity index (χ2v) is 10.7. The largest absolute Gasteiger partial charge is 0.480 e. The van der Waals surface area contributed by atoms with E-state index in [-0.39, 0.29) is 10.8 Å². The van der Waals surface area contributed by atoms with Crippen molar-refractivity contribution in [3.8, 4) is 17.0 Å². The Morgan fingerprint density at radius 1 is 0.972 bits per heavy atom. The van der Waals surface area contributed by atoms with Gasteiger partial charge in [-0.2, -0.15) is 4.72 Å². The number of nitrogens with zero attached hydrogens (tertiary/aromatic N) is 1. The molecule has 0 fully saturated rings. The first-order chi connectivity index (χ1) is 17.1. The maximum Gasteiger partial charge on any atom is 0.322 e. The Morgan fingerprint density at radius 2 is 1.58 bits per heavy atom. The van der Waals surface area contributed by atoms with Gasteiger partial charge >= 0.3 is 5.97 Å². The van der Waals surface area contributed by atoms with E-state index in [0.717, 1.165) is 33.2 Å². The molecule has 8 heteroatoms. The molecular weight excluding hydrogens is 476 g/mol. The van der Waals surface area contributed by atoms with Crippen LogP contribution in [0.25, 0.3) is 22.0 Å². The average Bonchev–Trinajstić information content (AvgIpc) is 2.86. The van der Waals surface area contributed by atoms with Crippen molar-refractivity contribution in [3.63, 3.8) is 0 Å². The summed E-state index contributed by atoms with van der Waals surface area (Å²) in [5.41, 5.74) is 4.59. The lowest BCUT2D eigenvalue weighted by Gasteiger charge is -2.18. The molecule has 3 aromatic carbocycles. The summed E-state index contributed by atoms with van der Waals surface area (Å²) in [6.45, 7) is 5.65. The van der Waals surface area contributed by atoms with Gasteiger partial charge < -0.3 is 9.84 Å². The van der Waals surface area contributed by atoms with Crippen LogP contribution in [0.3, 0.4) is 0 Å². The number of aryl methyl sites for hydroxylation is 1. The number of benzene rings is 3. The van der Waals surface area contributed by atoms with Crippen molar-refractivity contribution in [2.24, 2.45) is 5.92 Å². The Hall–Kier alpha value is -3.75. The fourth-order valence-corrected chi connectivity index (χ4v) is 5.17. The third-order valence-electron chi connectivity index (χ3n) is 5.91. The van der Waals surface area contributed by atoms with Crippen LogP contribution >= 0.6 is 0 Å². The number of pyridine rings is 1. The number of sulfonamides is 1. The van der Waals surface area contributed by atoms with Crippen LogP contribution in [0.4, 0.5) is 0 Å². The molecule has 1 heterocycles. The number of carboxylic acid groups (broad SMARTS) is 1. The van der Waals surface area contributed by atoms with Crippen molar-refractivity contribution < 1.29 is 23.1 Å². The molecule has 0 bridgehead atoms. The summed E-state index contributed by atoms with van der Waals surface area (Å²) >= 11 is 0. The SMILES string of the molecule is Cc1cc2ccccc2nc1OCc1ccc(-c2ccc(S(=O)(=O)N[C@@H](C(=O)O)C(C)C)cc2)cc1. The molecule has 0 saturated carbocycles. The number of aliphatic carboxylic acids is 1. The topological polar surface area (TPSA) is 106 Å². The molecule has 2 N–H and O–H groups in total. The highest BCUT2D eigenvalue weighted by Gasteiger charge is 2.27. The number of rotatable bonds is 9. The highest BCUT2D eigenvalue weighted by atomic mass is 32.2. The summed E-state index contributed by atoms with van der Waals surface area (Å²) in [6.07, 6.45) is 0. The molecule has 4 aromatic rings. The number of aromatic nitrogens is 1. The number of para-hydroxylation sites is 1. The van der Waals surface area contributed by atoms with Gasteiger partial charge in [-0.25, -0.2) is 13.4 Å². The van der Waals surface area contributed by atoms with Crippen molar-refractivity contribution >= 4 is 26.9 Å². The van der Waals surface area contributed by atoms with Crippen molar-refractivity contribution in [3.05, 3.63) is 90.0 Å². The number of carbonyl (C=O) groups is 1.